The van der Waals surface area contributed by atoms with Crippen LogP contribution in [0.1, 0.15) is 18.1 Å². The number of halogens is 2. The second-order valence-corrected chi connectivity index (χ2v) is 7.09. The molecular formula is C21H21F2N3O4. The monoisotopic (exact) mass is 417 g/mol. The molecular weight excluding hydrogens is 396 g/mol. The number of hydrogen-bond donors (Lipinski definition) is 2. The Morgan fingerprint density at radius 2 is 1.97 bits per heavy atom. The molecule has 0 unspecified atom stereocenters. The van der Waals surface area contributed by atoms with Crippen molar-refractivity contribution in [2.45, 2.75) is 19.4 Å². The van der Waals surface area contributed by atoms with Crippen molar-refractivity contribution in [2.75, 3.05) is 19.7 Å². The smallest absolute Gasteiger partial charge is 0.325 e. The largest absolute Gasteiger partial charge is 0.492 e. The van der Waals surface area contributed by atoms with Gasteiger partial charge in [0.2, 0.25) is 5.91 Å². The summed E-state index contributed by atoms with van der Waals surface area (Å²) < 4.78 is 33.2. The van der Waals surface area contributed by atoms with Crippen molar-refractivity contribution >= 4 is 17.8 Å². The van der Waals surface area contributed by atoms with Gasteiger partial charge >= 0.3 is 6.03 Å². The van der Waals surface area contributed by atoms with Crippen molar-refractivity contribution in [3.05, 3.63) is 65.2 Å². The number of imide groups is 1. The zero-order chi connectivity index (χ0) is 21.9. The van der Waals surface area contributed by atoms with Crippen LogP contribution in [0.25, 0.3) is 0 Å². The molecule has 3 rings (SSSR count). The molecule has 1 saturated heterocycles. The molecule has 0 spiro atoms. The van der Waals surface area contributed by atoms with E-state index in [1.807, 2.05) is 25.1 Å². The van der Waals surface area contributed by atoms with Crippen molar-refractivity contribution in [2.24, 2.45) is 0 Å². The Morgan fingerprint density at radius 1 is 1.20 bits per heavy atom. The summed E-state index contributed by atoms with van der Waals surface area (Å²) in [5.41, 5.74) is -1.08. The Bertz CT molecular complexity index is 998. The molecule has 1 aliphatic heterocycles. The fraction of sp³-hybridized carbons (Fsp3) is 0.286. The molecule has 1 aliphatic rings. The van der Waals surface area contributed by atoms with Gasteiger partial charge in [0, 0.05) is 5.56 Å². The van der Waals surface area contributed by atoms with Crippen LogP contribution in [0.15, 0.2) is 42.5 Å². The molecule has 0 radical (unpaired) electrons. The number of amides is 4. The van der Waals surface area contributed by atoms with Gasteiger partial charge in [0.25, 0.3) is 5.91 Å². The highest BCUT2D eigenvalue weighted by Gasteiger charge is 2.50. The molecule has 0 saturated carbocycles. The third-order valence-electron chi connectivity index (χ3n) is 4.73. The van der Waals surface area contributed by atoms with Gasteiger partial charge in [0.1, 0.15) is 36.1 Å². The van der Waals surface area contributed by atoms with Crippen LogP contribution in [-0.2, 0) is 15.1 Å². The first-order valence-corrected chi connectivity index (χ1v) is 9.26. The normalized spacial score (nSPS) is 18.3. The van der Waals surface area contributed by atoms with Gasteiger partial charge < -0.3 is 15.4 Å². The Labute approximate surface area is 172 Å². The highest BCUT2D eigenvalue weighted by molar-refractivity contribution is 6.09. The van der Waals surface area contributed by atoms with E-state index >= 15 is 0 Å². The van der Waals surface area contributed by atoms with E-state index < -0.39 is 41.6 Å². The molecule has 1 atom stereocenters. The fourth-order valence-corrected chi connectivity index (χ4v) is 3.17. The van der Waals surface area contributed by atoms with Gasteiger partial charge in [-0.1, -0.05) is 12.1 Å². The lowest BCUT2D eigenvalue weighted by atomic mass is 9.91. The average Bonchev–Trinajstić information content (AvgIpc) is 2.91. The lowest BCUT2D eigenvalue weighted by Gasteiger charge is -2.22. The lowest BCUT2D eigenvalue weighted by molar-refractivity contribution is -0.134. The molecule has 2 N–H and O–H groups in total. The Kier molecular flexibility index (Phi) is 6.00. The van der Waals surface area contributed by atoms with Gasteiger partial charge in [0.05, 0.1) is 6.54 Å². The second kappa shape index (κ2) is 8.48. The summed E-state index contributed by atoms with van der Waals surface area (Å²) in [6.07, 6.45) is 0. The molecule has 4 amide bonds. The molecule has 158 valence electrons. The van der Waals surface area contributed by atoms with Crippen molar-refractivity contribution in [3.8, 4) is 5.75 Å². The number of ether oxygens (including phenoxy) is 1. The van der Waals surface area contributed by atoms with Gasteiger partial charge in [-0.2, -0.15) is 0 Å². The minimum Gasteiger partial charge on any atom is -0.492 e. The van der Waals surface area contributed by atoms with Gasteiger partial charge in [-0.3, -0.25) is 14.5 Å². The second-order valence-electron chi connectivity index (χ2n) is 7.09. The summed E-state index contributed by atoms with van der Waals surface area (Å²) in [4.78, 5) is 37.8. The number of carbonyl (C=O) groups is 3. The summed E-state index contributed by atoms with van der Waals surface area (Å²) >= 11 is 0. The van der Waals surface area contributed by atoms with E-state index in [2.05, 4.69) is 10.6 Å². The van der Waals surface area contributed by atoms with Crippen LogP contribution in [0.5, 0.6) is 5.75 Å². The van der Waals surface area contributed by atoms with E-state index in [1.54, 1.807) is 6.07 Å². The molecule has 1 fully saturated rings. The van der Waals surface area contributed by atoms with Gasteiger partial charge in [-0.25, -0.2) is 13.6 Å². The zero-order valence-corrected chi connectivity index (χ0v) is 16.5. The lowest BCUT2D eigenvalue weighted by Crippen LogP contribution is -2.44. The number of nitrogens with one attached hydrogen (secondary N) is 2. The highest BCUT2D eigenvalue weighted by Crippen LogP contribution is 2.31. The molecule has 7 nitrogen and oxygen atoms in total. The molecule has 0 aliphatic carbocycles. The molecule has 9 heteroatoms. The highest BCUT2D eigenvalue weighted by atomic mass is 19.1. The van der Waals surface area contributed by atoms with Crippen LogP contribution < -0.4 is 15.4 Å². The molecule has 0 bridgehead atoms. The predicted octanol–water partition coefficient (Wildman–Crippen LogP) is 2.24. The SMILES string of the molecule is Cc1cccc(OCCNC(=O)CN2C(=O)N[C@](C)(c3cc(F)ccc3F)C2=O)c1. The number of hydrogen-bond acceptors (Lipinski definition) is 4. The fourth-order valence-electron chi connectivity index (χ4n) is 3.17. The molecule has 30 heavy (non-hydrogen) atoms. The van der Waals surface area contributed by atoms with Crippen LogP contribution in [0.4, 0.5) is 13.6 Å². The maximum Gasteiger partial charge on any atom is 0.325 e. The van der Waals surface area contributed by atoms with E-state index in [4.69, 9.17) is 4.74 Å². The topological polar surface area (TPSA) is 87.7 Å². The van der Waals surface area contributed by atoms with Crippen molar-refractivity contribution < 1.29 is 27.9 Å². The van der Waals surface area contributed by atoms with Crippen molar-refractivity contribution in [1.82, 2.24) is 15.5 Å². The summed E-state index contributed by atoms with van der Waals surface area (Å²) in [5, 5.41) is 4.89. The Morgan fingerprint density at radius 3 is 2.70 bits per heavy atom. The van der Waals surface area contributed by atoms with Crippen LogP contribution in [0.2, 0.25) is 0 Å². The predicted molar refractivity (Wildman–Crippen MR) is 104 cm³/mol. The minimum atomic E-state index is -1.81. The van der Waals surface area contributed by atoms with Gasteiger partial charge in [-0.05, 0) is 49.7 Å². The third-order valence-corrected chi connectivity index (χ3v) is 4.73. The average molecular weight is 417 g/mol. The van der Waals surface area contributed by atoms with Gasteiger partial charge in [0.15, 0.2) is 0 Å². The molecule has 0 aromatic heterocycles. The number of nitrogens with zero attached hydrogens (tertiary/aromatic N) is 1. The Balaban J connectivity index is 1.57. The minimum absolute atomic E-state index is 0.159. The number of carbonyl (C=O) groups excluding carboxylic acids is 3. The quantitative estimate of drug-likeness (QED) is 0.534. The summed E-state index contributed by atoms with van der Waals surface area (Å²) in [7, 11) is 0. The zero-order valence-electron chi connectivity index (χ0n) is 16.5. The standard InChI is InChI=1S/C21H21F2N3O4/c1-13-4-3-5-15(10-13)30-9-8-24-18(27)12-26-19(28)21(2,25-20(26)29)16-11-14(22)6-7-17(16)23/h3-7,10-11H,8-9,12H2,1-2H3,(H,24,27)(H,25,29)/t21-/m1/s1. The van der Waals surface area contributed by atoms with Crippen molar-refractivity contribution in [3.63, 3.8) is 0 Å². The van der Waals surface area contributed by atoms with E-state index in [0.29, 0.717) is 10.6 Å². The van der Waals surface area contributed by atoms with Crippen LogP contribution >= 0.6 is 0 Å². The summed E-state index contributed by atoms with van der Waals surface area (Å²) in [6, 6.07) is 9.18. The maximum atomic E-state index is 14.1. The number of rotatable bonds is 7. The van der Waals surface area contributed by atoms with E-state index in [9.17, 15) is 23.2 Å². The summed E-state index contributed by atoms with van der Waals surface area (Å²) in [6.45, 7) is 2.99. The van der Waals surface area contributed by atoms with Crippen LogP contribution in [-0.4, -0.2) is 42.4 Å². The first-order valence-electron chi connectivity index (χ1n) is 9.26. The van der Waals surface area contributed by atoms with E-state index in [1.165, 1.54) is 6.92 Å². The van der Waals surface area contributed by atoms with E-state index in [0.717, 1.165) is 23.8 Å². The Hall–Kier alpha value is -3.49. The van der Waals surface area contributed by atoms with Crippen LogP contribution in [0, 0.1) is 18.6 Å². The molecule has 2 aromatic rings. The van der Waals surface area contributed by atoms with Crippen molar-refractivity contribution in [1.29, 1.82) is 0 Å². The molecule has 2 aromatic carbocycles. The first-order chi connectivity index (χ1) is 14.2. The van der Waals surface area contributed by atoms with Gasteiger partial charge in [-0.15, -0.1) is 0 Å². The number of benzene rings is 2. The van der Waals surface area contributed by atoms with Crippen LogP contribution in [0.3, 0.4) is 0 Å². The number of urea groups is 1. The first kappa shape index (κ1) is 21.2. The van der Waals surface area contributed by atoms with E-state index in [-0.39, 0.29) is 18.7 Å². The molecule has 1 heterocycles. The summed E-state index contributed by atoms with van der Waals surface area (Å²) in [5.74, 6) is -2.36. The number of aryl methyl sites for hydroxylation is 1. The maximum absolute atomic E-state index is 14.1. The third kappa shape index (κ3) is 4.40.